The molecule has 5 rings (SSSR count). The van der Waals surface area contributed by atoms with E-state index in [-0.39, 0.29) is 5.91 Å². The number of carbonyl (C=O) groups excluding carboxylic acids is 1. The second-order valence-corrected chi connectivity index (χ2v) is 8.07. The fraction of sp³-hybridized carbons (Fsp3) is 0.292. The summed E-state index contributed by atoms with van der Waals surface area (Å²) < 4.78 is 2.25. The highest BCUT2D eigenvalue weighted by Gasteiger charge is 2.23. The zero-order chi connectivity index (χ0) is 20.3. The van der Waals surface area contributed by atoms with Gasteiger partial charge in [-0.05, 0) is 42.0 Å². The molecule has 0 radical (unpaired) electrons. The van der Waals surface area contributed by atoms with Crippen LogP contribution in [-0.4, -0.2) is 43.6 Å². The molecule has 3 heterocycles. The maximum atomic E-state index is 12.6. The van der Waals surface area contributed by atoms with Gasteiger partial charge in [0.2, 0.25) is 5.91 Å². The minimum absolute atomic E-state index is 0.236. The van der Waals surface area contributed by atoms with Crippen LogP contribution in [0.25, 0.3) is 22.2 Å². The van der Waals surface area contributed by atoms with Gasteiger partial charge in [0, 0.05) is 31.4 Å². The highest BCUT2D eigenvalue weighted by molar-refractivity contribution is 5.82. The Morgan fingerprint density at radius 3 is 2.67 bits per heavy atom. The van der Waals surface area contributed by atoms with Gasteiger partial charge >= 0.3 is 0 Å². The van der Waals surface area contributed by atoms with Gasteiger partial charge in [-0.25, -0.2) is 4.98 Å². The van der Waals surface area contributed by atoms with Crippen LogP contribution in [0.4, 0.5) is 0 Å². The molecule has 2 aromatic heterocycles. The minimum atomic E-state index is 0.236. The molecule has 152 valence electrons. The number of imidazole rings is 1. The number of piperidine rings is 1. The van der Waals surface area contributed by atoms with Crippen molar-refractivity contribution in [1.82, 2.24) is 24.6 Å². The molecule has 1 amide bonds. The molecule has 30 heavy (non-hydrogen) atoms. The number of hydrogen-bond donors (Lipinski definition) is 1. The molecule has 0 unspecified atom stereocenters. The van der Waals surface area contributed by atoms with E-state index in [1.54, 1.807) is 0 Å². The van der Waals surface area contributed by atoms with Crippen LogP contribution in [-0.2, 0) is 17.8 Å². The Kier molecular flexibility index (Phi) is 5.05. The van der Waals surface area contributed by atoms with Crippen molar-refractivity contribution in [2.24, 2.45) is 5.92 Å². The van der Waals surface area contributed by atoms with E-state index >= 15 is 0 Å². The van der Waals surface area contributed by atoms with Crippen LogP contribution in [0.15, 0.2) is 67.3 Å². The summed E-state index contributed by atoms with van der Waals surface area (Å²) in [5.41, 5.74) is 5.43. The second kappa shape index (κ2) is 8.14. The topological polar surface area (TPSA) is 66.8 Å². The molecule has 6 heteroatoms. The Morgan fingerprint density at radius 2 is 1.90 bits per heavy atom. The van der Waals surface area contributed by atoms with Crippen molar-refractivity contribution in [2.45, 2.75) is 25.8 Å². The summed E-state index contributed by atoms with van der Waals surface area (Å²) >= 11 is 0. The van der Waals surface area contributed by atoms with Crippen molar-refractivity contribution >= 4 is 16.9 Å². The molecule has 4 aromatic rings. The smallest absolute Gasteiger partial charge is 0.226 e. The Labute approximate surface area is 175 Å². The van der Waals surface area contributed by atoms with E-state index in [2.05, 4.69) is 37.9 Å². The molecule has 0 aliphatic carbocycles. The molecule has 1 N–H and O–H groups in total. The fourth-order valence-electron chi connectivity index (χ4n) is 4.32. The SMILES string of the molecule is O=C(Cc1ccccc1)N1CCC(Cn2cnc3cc(-c4cn[nH]c4)ccc32)CC1. The zero-order valence-corrected chi connectivity index (χ0v) is 16.9. The van der Waals surface area contributed by atoms with Crippen LogP contribution in [0.2, 0.25) is 0 Å². The van der Waals surface area contributed by atoms with Gasteiger partial charge in [0.05, 0.1) is 30.0 Å². The highest BCUT2D eigenvalue weighted by Crippen LogP contribution is 2.25. The third-order valence-corrected chi connectivity index (χ3v) is 6.07. The second-order valence-electron chi connectivity index (χ2n) is 8.07. The molecule has 0 saturated carbocycles. The predicted molar refractivity (Wildman–Crippen MR) is 117 cm³/mol. The van der Waals surface area contributed by atoms with Gasteiger partial charge in [0.1, 0.15) is 0 Å². The number of nitrogens with zero attached hydrogens (tertiary/aromatic N) is 4. The molecule has 0 spiro atoms. The van der Waals surface area contributed by atoms with Crippen LogP contribution < -0.4 is 0 Å². The number of fused-ring (bicyclic) bond motifs is 1. The van der Waals surface area contributed by atoms with Crippen LogP contribution in [0.3, 0.4) is 0 Å². The van der Waals surface area contributed by atoms with Crippen molar-refractivity contribution in [3.05, 3.63) is 72.8 Å². The van der Waals surface area contributed by atoms with Crippen LogP contribution >= 0.6 is 0 Å². The quantitative estimate of drug-likeness (QED) is 0.553. The predicted octanol–water partition coefficient (Wildman–Crippen LogP) is 3.91. The van der Waals surface area contributed by atoms with Crippen molar-refractivity contribution in [2.75, 3.05) is 13.1 Å². The van der Waals surface area contributed by atoms with E-state index in [0.29, 0.717) is 12.3 Å². The average Bonchev–Trinajstić information content (AvgIpc) is 3.45. The van der Waals surface area contributed by atoms with E-state index in [1.165, 1.54) is 0 Å². The molecule has 0 bridgehead atoms. The first kappa shape index (κ1) is 18.6. The maximum absolute atomic E-state index is 12.6. The Morgan fingerprint density at radius 1 is 1.07 bits per heavy atom. The van der Waals surface area contributed by atoms with Gasteiger partial charge in [-0.2, -0.15) is 5.10 Å². The number of rotatable bonds is 5. The van der Waals surface area contributed by atoms with Gasteiger partial charge in [0.25, 0.3) is 0 Å². The third kappa shape index (κ3) is 3.85. The Balaban J connectivity index is 1.20. The number of H-pyrrole nitrogens is 1. The molecular formula is C24H25N5O. The summed E-state index contributed by atoms with van der Waals surface area (Å²) in [5.74, 6) is 0.802. The lowest BCUT2D eigenvalue weighted by molar-refractivity contribution is -0.131. The molecule has 0 atom stereocenters. The number of amides is 1. The van der Waals surface area contributed by atoms with Gasteiger partial charge in [-0.15, -0.1) is 0 Å². The molecular weight excluding hydrogens is 374 g/mol. The summed E-state index contributed by atoms with van der Waals surface area (Å²) in [7, 11) is 0. The van der Waals surface area contributed by atoms with E-state index < -0.39 is 0 Å². The number of aromatic amines is 1. The van der Waals surface area contributed by atoms with Crippen molar-refractivity contribution in [1.29, 1.82) is 0 Å². The first-order valence-electron chi connectivity index (χ1n) is 10.5. The number of likely N-dealkylation sites (tertiary alicyclic amines) is 1. The lowest BCUT2D eigenvalue weighted by Gasteiger charge is -2.32. The lowest BCUT2D eigenvalue weighted by atomic mass is 9.96. The Bertz CT molecular complexity index is 1130. The van der Waals surface area contributed by atoms with Crippen molar-refractivity contribution in [3.8, 4) is 11.1 Å². The van der Waals surface area contributed by atoms with Gasteiger partial charge in [-0.3, -0.25) is 9.89 Å². The summed E-state index contributed by atoms with van der Waals surface area (Å²) in [4.78, 5) is 19.2. The standard InChI is InChI=1S/C24H25N5O/c30-24(12-18-4-2-1-3-5-18)28-10-8-19(9-11-28)16-29-17-25-22-13-20(6-7-23(22)29)21-14-26-27-15-21/h1-7,13-15,17,19H,8-12,16H2,(H,26,27). The number of hydrogen-bond acceptors (Lipinski definition) is 3. The molecule has 6 nitrogen and oxygen atoms in total. The summed E-state index contributed by atoms with van der Waals surface area (Å²) in [6, 6.07) is 16.4. The summed E-state index contributed by atoms with van der Waals surface area (Å²) in [5, 5.41) is 6.88. The largest absolute Gasteiger partial charge is 0.342 e. The summed E-state index contributed by atoms with van der Waals surface area (Å²) in [6.07, 6.45) is 8.23. The van der Waals surface area contributed by atoms with Crippen LogP contribution in [0.1, 0.15) is 18.4 Å². The molecule has 1 aliphatic heterocycles. The molecule has 1 fully saturated rings. The van der Waals surface area contributed by atoms with E-state index in [4.69, 9.17) is 0 Å². The third-order valence-electron chi connectivity index (χ3n) is 6.07. The van der Waals surface area contributed by atoms with Gasteiger partial charge in [-0.1, -0.05) is 36.4 Å². The van der Waals surface area contributed by atoms with Crippen molar-refractivity contribution < 1.29 is 4.79 Å². The monoisotopic (exact) mass is 399 g/mol. The Hall–Kier alpha value is -3.41. The number of benzene rings is 2. The van der Waals surface area contributed by atoms with Gasteiger partial charge in [0.15, 0.2) is 0 Å². The molecule has 2 aromatic carbocycles. The zero-order valence-electron chi connectivity index (χ0n) is 16.9. The highest BCUT2D eigenvalue weighted by atomic mass is 16.2. The normalized spacial score (nSPS) is 15.0. The van der Waals surface area contributed by atoms with Crippen LogP contribution in [0.5, 0.6) is 0 Å². The minimum Gasteiger partial charge on any atom is -0.342 e. The fourth-order valence-corrected chi connectivity index (χ4v) is 4.32. The first-order valence-corrected chi connectivity index (χ1v) is 10.5. The number of aromatic nitrogens is 4. The van der Waals surface area contributed by atoms with Crippen LogP contribution in [0, 0.1) is 5.92 Å². The molecule has 1 aliphatic rings. The van der Waals surface area contributed by atoms with Crippen molar-refractivity contribution in [3.63, 3.8) is 0 Å². The van der Waals surface area contributed by atoms with Gasteiger partial charge < -0.3 is 9.47 Å². The van der Waals surface area contributed by atoms with E-state index in [1.807, 2.05) is 54.0 Å². The average molecular weight is 399 g/mol. The number of nitrogens with one attached hydrogen (secondary N) is 1. The van der Waals surface area contributed by atoms with E-state index in [9.17, 15) is 4.79 Å². The molecule has 1 saturated heterocycles. The van der Waals surface area contributed by atoms with E-state index in [0.717, 1.165) is 60.2 Å². The number of carbonyl (C=O) groups is 1. The lowest BCUT2D eigenvalue weighted by Crippen LogP contribution is -2.40. The maximum Gasteiger partial charge on any atom is 0.226 e. The summed E-state index contributed by atoms with van der Waals surface area (Å²) in [6.45, 7) is 2.63. The first-order chi connectivity index (χ1) is 14.8.